The molecule has 0 spiro atoms. The highest BCUT2D eigenvalue weighted by molar-refractivity contribution is 4.84. The summed E-state index contributed by atoms with van der Waals surface area (Å²) >= 11 is 0. The van der Waals surface area contributed by atoms with E-state index in [1.54, 1.807) is 5.82 Å². The van der Waals surface area contributed by atoms with Crippen LogP contribution in [-0.4, -0.2) is 4.57 Å². The molecule has 0 bridgehead atoms. The molecule has 170 valence electrons. The third-order valence-electron chi connectivity index (χ3n) is 6.35. The second-order valence-electron chi connectivity index (χ2n) is 9.15. The summed E-state index contributed by atoms with van der Waals surface area (Å²) in [5.41, 5.74) is 0. The van der Waals surface area contributed by atoms with Gasteiger partial charge in [-0.25, -0.2) is 9.13 Å². The highest BCUT2D eigenvalue weighted by Crippen LogP contribution is 2.13. The Morgan fingerprint density at radius 1 is 0.586 bits per heavy atom. The van der Waals surface area contributed by atoms with E-state index in [1.807, 2.05) is 0 Å². The molecule has 0 aliphatic rings. The molecule has 0 aliphatic carbocycles. The average Bonchev–Trinajstić information content (AvgIpc) is 3.12. The maximum atomic E-state index is 2.56. The van der Waals surface area contributed by atoms with Crippen LogP contribution in [0.3, 0.4) is 0 Å². The van der Waals surface area contributed by atoms with Crippen molar-refractivity contribution >= 4 is 0 Å². The van der Waals surface area contributed by atoms with Crippen molar-refractivity contribution in [2.75, 3.05) is 0 Å². The van der Waals surface area contributed by atoms with Gasteiger partial charge >= 0.3 is 0 Å². The predicted molar refractivity (Wildman–Crippen MR) is 128 cm³/mol. The summed E-state index contributed by atoms with van der Waals surface area (Å²) in [5.74, 6) is 1.59. The Morgan fingerprint density at radius 3 is 1.62 bits per heavy atom. The van der Waals surface area contributed by atoms with Crippen LogP contribution in [0.5, 0.6) is 0 Å². The molecule has 29 heavy (non-hydrogen) atoms. The highest BCUT2D eigenvalue weighted by Gasteiger charge is 2.16. The van der Waals surface area contributed by atoms with Gasteiger partial charge in [0.05, 0.1) is 13.1 Å². The van der Waals surface area contributed by atoms with E-state index in [-0.39, 0.29) is 0 Å². The molecule has 1 aromatic rings. The van der Waals surface area contributed by atoms with Crippen molar-refractivity contribution < 1.29 is 4.57 Å². The van der Waals surface area contributed by atoms with E-state index in [2.05, 4.69) is 42.3 Å². The van der Waals surface area contributed by atoms with Crippen molar-refractivity contribution in [3.05, 3.63) is 18.2 Å². The van der Waals surface area contributed by atoms with E-state index in [9.17, 15) is 0 Å². The lowest BCUT2D eigenvalue weighted by atomic mass is 10.0. The third kappa shape index (κ3) is 13.2. The average molecular weight is 406 g/mol. The molecule has 0 unspecified atom stereocenters. The Balaban J connectivity index is 2.19. The van der Waals surface area contributed by atoms with Crippen LogP contribution in [0, 0.1) is 0 Å². The van der Waals surface area contributed by atoms with E-state index in [0.717, 1.165) is 0 Å². The SMILES string of the molecule is CCCCCCCCCCCCCCc1n(CCCC)cc[n+]1CCCCCC. The maximum Gasteiger partial charge on any atom is 0.256 e. The van der Waals surface area contributed by atoms with Gasteiger partial charge in [-0.05, 0) is 25.7 Å². The molecule has 0 saturated heterocycles. The molecule has 0 N–H and O–H groups in total. The zero-order chi connectivity index (χ0) is 21.0. The fourth-order valence-electron chi connectivity index (χ4n) is 4.35. The third-order valence-corrected chi connectivity index (χ3v) is 6.35. The van der Waals surface area contributed by atoms with E-state index in [1.165, 1.54) is 135 Å². The molecule has 1 aromatic heterocycles. The van der Waals surface area contributed by atoms with Crippen molar-refractivity contribution in [1.29, 1.82) is 0 Å². The van der Waals surface area contributed by atoms with Gasteiger partial charge < -0.3 is 0 Å². The van der Waals surface area contributed by atoms with Crippen molar-refractivity contribution in [3.63, 3.8) is 0 Å². The zero-order valence-electron chi connectivity index (χ0n) is 20.4. The Kier molecular flexibility index (Phi) is 17.4. The topological polar surface area (TPSA) is 8.81 Å². The van der Waals surface area contributed by atoms with Crippen LogP contribution in [-0.2, 0) is 19.5 Å². The molecule has 1 heterocycles. The number of aryl methyl sites for hydroxylation is 2. The van der Waals surface area contributed by atoms with Gasteiger partial charge in [0.25, 0.3) is 5.82 Å². The second kappa shape index (κ2) is 19.2. The summed E-state index contributed by atoms with van der Waals surface area (Å²) in [7, 11) is 0. The molecule has 0 radical (unpaired) electrons. The minimum atomic E-state index is 1.20. The first kappa shape index (κ1) is 26.2. The van der Waals surface area contributed by atoms with Gasteiger partial charge in [0.15, 0.2) is 0 Å². The van der Waals surface area contributed by atoms with Crippen molar-refractivity contribution in [2.45, 2.75) is 156 Å². The number of hydrogen-bond donors (Lipinski definition) is 0. The molecule has 0 aromatic carbocycles. The molecule has 0 atom stereocenters. The monoisotopic (exact) mass is 405 g/mol. The summed E-state index contributed by atoms with van der Waals surface area (Å²) in [4.78, 5) is 0. The lowest BCUT2D eigenvalue weighted by molar-refractivity contribution is -0.704. The molecule has 0 aliphatic heterocycles. The van der Waals surface area contributed by atoms with Crippen LogP contribution in [0.2, 0.25) is 0 Å². The largest absolute Gasteiger partial charge is 0.256 e. The first-order valence-electron chi connectivity index (χ1n) is 13.4. The van der Waals surface area contributed by atoms with Gasteiger partial charge in [0.1, 0.15) is 12.4 Å². The Labute approximate surface area is 183 Å². The van der Waals surface area contributed by atoms with Gasteiger partial charge in [0.2, 0.25) is 0 Å². The number of imidazole rings is 1. The van der Waals surface area contributed by atoms with Crippen LogP contribution >= 0.6 is 0 Å². The second-order valence-corrected chi connectivity index (χ2v) is 9.15. The lowest BCUT2D eigenvalue weighted by Gasteiger charge is -2.06. The lowest BCUT2D eigenvalue weighted by Crippen LogP contribution is -2.37. The summed E-state index contributed by atoms with van der Waals surface area (Å²) in [6, 6.07) is 0. The molecule has 2 heteroatoms. The molecular weight excluding hydrogens is 352 g/mol. The Morgan fingerprint density at radius 2 is 1.07 bits per heavy atom. The van der Waals surface area contributed by atoms with Crippen LogP contribution < -0.4 is 4.57 Å². The summed E-state index contributed by atoms with van der Waals surface area (Å²) in [6.45, 7) is 9.31. The van der Waals surface area contributed by atoms with E-state index < -0.39 is 0 Å². The van der Waals surface area contributed by atoms with Crippen molar-refractivity contribution in [1.82, 2.24) is 4.57 Å². The standard InChI is InChI=1S/C27H53N2/c1-4-7-10-12-13-14-15-16-17-18-19-20-22-27-28(23-9-6-3)25-26-29(27)24-21-11-8-5-2/h25-26H,4-24H2,1-3H3/q+1. The molecule has 1 rings (SSSR count). The fourth-order valence-corrected chi connectivity index (χ4v) is 4.35. The normalized spacial score (nSPS) is 11.4. The first-order valence-corrected chi connectivity index (χ1v) is 13.4. The number of unbranched alkanes of at least 4 members (excludes halogenated alkanes) is 15. The molecule has 2 nitrogen and oxygen atoms in total. The molecule has 0 saturated carbocycles. The fraction of sp³-hybridized carbons (Fsp3) is 0.889. The summed E-state index contributed by atoms with van der Waals surface area (Å²) < 4.78 is 5.10. The molecule has 0 amide bonds. The van der Waals surface area contributed by atoms with E-state index in [0.29, 0.717) is 0 Å². The Hall–Kier alpha value is -0.790. The van der Waals surface area contributed by atoms with E-state index >= 15 is 0 Å². The number of rotatable bonds is 21. The Bertz CT molecular complexity index is 463. The molecular formula is C27H53N2+. The van der Waals surface area contributed by atoms with Gasteiger partial charge in [-0.1, -0.05) is 111 Å². The van der Waals surface area contributed by atoms with Crippen LogP contribution in [0.4, 0.5) is 0 Å². The number of nitrogens with zero attached hydrogens (tertiary/aromatic N) is 2. The first-order chi connectivity index (χ1) is 14.3. The quantitative estimate of drug-likeness (QED) is 0.143. The van der Waals surface area contributed by atoms with Crippen LogP contribution in [0.15, 0.2) is 12.4 Å². The highest BCUT2D eigenvalue weighted by atomic mass is 15.1. The van der Waals surface area contributed by atoms with E-state index in [4.69, 9.17) is 0 Å². The smallest absolute Gasteiger partial charge is 0.234 e. The van der Waals surface area contributed by atoms with Gasteiger partial charge in [0, 0.05) is 6.42 Å². The van der Waals surface area contributed by atoms with Crippen LogP contribution in [0.25, 0.3) is 0 Å². The minimum absolute atomic E-state index is 1.20. The molecule has 0 fully saturated rings. The number of aromatic nitrogens is 2. The van der Waals surface area contributed by atoms with Crippen LogP contribution in [0.1, 0.15) is 142 Å². The van der Waals surface area contributed by atoms with Crippen molar-refractivity contribution in [3.8, 4) is 0 Å². The summed E-state index contributed by atoms with van der Waals surface area (Å²) in [6.07, 6.45) is 31.2. The van der Waals surface area contributed by atoms with Gasteiger partial charge in [-0.3, -0.25) is 0 Å². The number of hydrogen-bond acceptors (Lipinski definition) is 0. The van der Waals surface area contributed by atoms with Gasteiger partial charge in [-0.2, -0.15) is 0 Å². The van der Waals surface area contributed by atoms with Gasteiger partial charge in [-0.15, -0.1) is 0 Å². The minimum Gasteiger partial charge on any atom is -0.234 e. The predicted octanol–water partition coefficient (Wildman–Crippen LogP) is 8.40. The van der Waals surface area contributed by atoms with Crippen molar-refractivity contribution in [2.24, 2.45) is 0 Å². The summed E-state index contributed by atoms with van der Waals surface area (Å²) in [5, 5.41) is 0. The zero-order valence-corrected chi connectivity index (χ0v) is 20.4. The maximum absolute atomic E-state index is 2.56.